The molecule has 1 aliphatic rings. The summed E-state index contributed by atoms with van der Waals surface area (Å²) in [6.45, 7) is 3.13. The molecule has 5 nitrogen and oxygen atoms in total. The zero-order valence-electron chi connectivity index (χ0n) is 15.8. The first-order chi connectivity index (χ1) is 13.5. The topological polar surface area (TPSA) is 50.8 Å². The van der Waals surface area contributed by atoms with Gasteiger partial charge in [-0.2, -0.15) is 0 Å². The second-order valence-electron chi connectivity index (χ2n) is 6.78. The second-order valence-corrected chi connectivity index (χ2v) is 7.57. The van der Waals surface area contributed by atoms with Gasteiger partial charge in [0, 0.05) is 31.3 Å². The maximum absolute atomic E-state index is 11.5. The molecule has 1 heterocycles. The molecule has 1 amide bonds. The van der Waals surface area contributed by atoms with Crippen molar-refractivity contribution in [1.82, 2.24) is 4.90 Å². The number of ether oxygens (including phenoxy) is 2. The van der Waals surface area contributed by atoms with Crippen LogP contribution in [0.5, 0.6) is 5.75 Å². The van der Waals surface area contributed by atoms with Crippen molar-refractivity contribution < 1.29 is 14.3 Å². The molecule has 0 saturated carbocycles. The highest BCUT2D eigenvalue weighted by molar-refractivity contribution is 6.42. The largest absolute Gasteiger partial charge is 0.492 e. The zero-order valence-corrected chi connectivity index (χ0v) is 17.4. The van der Waals surface area contributed by atoms with Crippen molar-refractivity contribution in [2.24, 2.45) is 0 Å². The Balaban J connectivity index is 1.35. The standard InChI is InChI=1S/C21H24Cl2N2O3/c1-25(9-11-27-14-16-3-2-4-18(22)21(16)23)10-12-28-17-7-5-15-6-8-20(26)24-19(15)13-17/h2-5,7,13H,6,8-12,14H2,1H3,(H,24,26). The number of hydrogen-bond acceptors (Lipinski definition) is 4. The number of benzene rings is 2. The summed E-state index contributed by atoms with van der Waals surface area (Å²) < 4.78 is 11.5. The normalized spacial score (nSPS) is 13.4. The predicted molar refractivity (Wildman–Crippen MR) is 113 cm³/mol. The van der Waals surface area contributed by atoms with Crippen LogP contribution in [0.1, 0.15) is 17.5 Å². The van der Waals surface area contributed by atoms with Gasteiger partial charge in [-0.3, -0.25) is 4.79 Å². The maximum Gasteiger partial charge on any atom is 0.224 e. The van der Waals surface area contributed by atoms with Gasteiger partial charge in [-0.25, -0.2) is 0 Å². The Labute approximate surface area is 175 Å². The molecule has 7 heteroatoms. The number of halogens is 2. The molecule has 1 N–H and O–H groups in total. The van der Waals surface area contributed by atoms with Gasteiger partial charge in [-0.05, 0) is 36.7 Å². The van der Waals surface area contributed by atoms with Gasteiger partial charge in [-0.1, -0.05) is 41.4 Å². The van der Waals surface area contributed by atoms with Gasteiger partial charge in [0.2, 0.25) is 5.91 Å². The fraction of sp³-hybridized carbons (Fsp3) is 0.381. The lowest BCUT2D eigenvalue weighted by molar-refractivity contribution is -0.116. The van der Waals surface area contributed by atoms with Gasteiger partial charge in [-0.15, -0.1) is 0 Å². The van der Waals surface area contributed by atoms with E-state index in [0.29, 0.717) is 36.3 Å². The van der Waals surface area contributed by atoms with Crippen molar-refractivity contribution in [1.29, 1.82) is 0 Å². The molecule has 0 fully saturated rings. The van der Waals surface area contributed by atoms with Crippen molar-refractivity contribution in [3.8, 4) is 5.75 Å². The van der Waals surface area contributed by atoms with Gasteiger partial charge in [0.1, 0.15) is 12.4 Å². The number of nitrogens with zero attached hydrogens (tertiary/aromatic N) is 1. The van der Waals surface area contributed by atoms with Crippen LogP contribution < -0.4 is 10.1 Å². The molecule has 0 spiro atoms. The highest BCUT2D eigenvalue weighted by Crippen LogP contribution is 2.27. The number of anilines is 1. The second kappa shape index (κ2) is 10.1. The molecule has 0 aromatic heterocycles. The summed E-state index contributed by atoms with van der Waals surface area (Å²) >= 11 is 12.2. The van der Waals surface area contributed by atoms with Gasteiger partial charge in [0.15, 0.2) is 0 Å². The first-order valence-electron chi connectivity index (χ1n) is 9.27. The number of carbonyl (C=O) groups is 1. The van der Waals surface area contributed by atoms with E-state index in [0.717, 1.165) is 42.1 Å². The number of likely N-dealkylation sites (N-methyl/N-ethyl adjacent to an activating group) is 1. The highest BCUT2D eigenvalue weighted by Gasteiger charge is 2.15. The molecule has 0 bridgehead atoms. The molecule has 2 aromatic carbocycles. The van der Waals surface area contributed by atoms with Crippen molar-refractivity contribution in [3.63, 3.8) is 0 Å². The number of fused-ring (bicyclic) bond motifs is 1. The lowest BCUT2D eigenvalue weighted by Gasteiger charge is -2.19. The first kappa shape index (κ1) is 20.9. The maximum atomic E-state index is 11.5. The fourth-order valence-electron chi connectivity index (χ4n) is 2.93. The SMILES string of the molecule is CN(CCOCc1cccc(Cl)c1Cl)CCOc1ccc2c(c1)NC(=O)CC2. The lowest BCUT2D eigenvalue weighted by atomic mass is 10.0. The Hall–Kier alpha value is -1.79. The smallest absolute Gasteiger partial charge is 0.224 e. The molecule has 3 rings (SSSR count). The Bertz CT molecular complexity index is 829. The summed E-state index contributed by atoms with van der Waals surface area (Å²) in [7, 11) is 2.02. The van der Waals surface area contributed by atoms with Crippen LogP contribution in [0.25, 0.3) is 0 Å². The number of carbonyl (C=O) groups excluding carboxylic acids is 1. The van der Waals surface area contributed by atoms with Crippen LogP contribution in [0.3, 0.4) is 0 Å². The molecule has 1 aliphatic heterocycles. The molecule has 0 saturated heterocycles. The minimum absolute atomic E-state index is 0.0587. The number of aryl methyl sites for hydroxylation is 1. The third-order valence-electron chi connectivity index (χ3n) is 4.63. The van der Waals surface area contributed by atoms with E-state index in [9.17, 15) is 4.79 Å². The van der Waals surface area contributed by atoms with Crippen molar-refractivity contribution in [2.75, 3.05) is 38.7 Å². The van der Waals surface area contributed by atoms with Gasteiger partial charge < -0.3 is 19.7 Å². The van der Waals surface area contributed by atoms with Crippen molar-refractivity contribution in [2.45, 2.75) is 19.4 Å². The van der Waals surface area contributed by atoms with Crippen LogP contribution in [0.15, 0.2) is 36.4 Å². The Morgan fingerprint density at radius 3 is 2.79 bits per heavy atom. The molecule has 150 valence electrons. The number of hydrogen-bond donors (Lipinski definition) is 1. The van der Waals surface area contributed by atoms with Crippen LogP contribution in [0, 0.1) is 0 Å². The highest BCUT2D eigenvalue weighted by atomic mass is 35.5. The average Bonchev–Trinajstić information content (AvgIpc) is 2.68. The van der Waals surface area contributed by atoms with Gasteiger partial charge in [0.25, 0.3) is 0 Å². The zero-order chi connectivity index (χ0) is 19.9. The summed E-state index contributed by atoms with van der Waals surface area (Å²) in [6, 6.07) is 11.4. The van der Waals surface area contributed by atoms with E-state index in [1.807, 2.05) is 37.4 Å². The fourth-order valence-corrected chi connectivity index (χ4v) is 3.31. The third-order valence-corrected chi connectivity index (χ3v) is 5.48. The summed E-state index contributed by atoms with van der Waals surface area (Å²) in [6.07, 6.45) is 1.33. The molecule has 0 atom stereocenters. The summed E-state index contributed by atoms with van der Waals surface area (Å²) in [5.74, 6) is 0.824. The van der Waals surface area contributed by atoms with E-state index in [1.165, 1.54) is 0 Å². The van der Waals surface area contributed by atoms with E-state index >= 15 is 0 Å². The number of nitrogens with one attached hydrogen (secondary N) is 1. The van der Waals surface area contributed by atoms with E-state index < -0.39 is 0 Å². The summed E-state index contributed by atoms with van der Waals surface area (Å²) in [5, 5.41) is 3.98. The van der Waals surface area contributed by atoms with Gasteiger partial charge >= 0.3 is 0 Å². The molecule has 28 heavy (non-hydrogen) atoms. The Morgan fingerprint density at radius 1 is 1.11 bits per heavy atom. The average molecular weight is 423 g/mol. The molecular formula is C21H24Cl2N2O3. The van der Waals surface area contributed by atoms with Crippen molar-refractivity contribution in [3.05, 3.63) is 57.6 Å². The molecule has 0 unspecified atom stereocenters. The van der Waals surface area contributed by atoms with E-state index in [2.05, 4.69) is 10.2 Å². The first-order valence-corrected chi connectivity index (χ1v) is 10.0. The van der Waals surface area contributed by atoms with Crippen LogP contribution in [0.4, 0.5) is 5.69 Å². The van der Waals surface area contributed by atoms with Crippen molar-refractivity contribution >= 4 is 34.8 Å². The summed E-state index contributed by atoms with van der Waals surface area (Å²) in [5.41, 5.74) is 2.90. The summed E-state index contributed by atoms with van der Waals surface area (Å²) in [4.78, 5) is 13.6. The van der Waals surface area contributed by atoms with E-state index in [-0.39, 0.29) is 5.91 Å². The number of rotatable bonds is 9. The predicted octanol–water partition coefficient (Wildman–Crippen LogP) is 4.41. The minimum Gasteiger partial charge on any atom is -0.492 e. The van der Waals surface area contributed by atoms with Crippen LogP contribution in [0.2, 0.25) is 10.0 Å². The van der Waals surface area contributed by atoms with Gasteiger partial charge in [0.05, 0.1) is 23.3 Å². The van der Waals surface area contributed by atoms with E-state index in [4.69, 9.17) is 32.7 Å². The Morgan fingerprint density at radius 2 is 1.93 bits per heavy atom. The lowest BCUT2D eigenvalue weighted by Crippen LogP contribution is -2.28. The number of amides is 1. The van der Waals surface area contributed by atoms with Crippen LogP contribution >= 0.6 is 23.2 Å². The monoisotopic (exact) mass is 422 g/mol. The van der Waals surface area contributed by atoms with E-state index in [1.54, 1.807) is 6.07 Å². The molecule has 2 aromatic rings. The van der Waals surface area contributed by atoms with Crippen LogP contribution in [-0.4, -0.2) is 44.2 Å². The quantitative estimate of drug-likeness (QED) is 0.608. The Kier molecular flexibility index (Phi) is 7.57. The molecule has 0 aliphatic carbocycles. The molecule has 0 radical (unpaired) electrons. The van der Waals surface area contributed by atoms with Crippen LogP contribution in [-0.2, 0) is 22.6 Å². The third kappa shape index (κ3) is 5.85. The molecular weight excluding hydrogens is 399 g/mol. The minimum atomic E-state index is 0.0587.